The molecule has 1 rings (SSSR count). The Morgan fingerprint density at radius 2 is 2.11 bits per heavy atom. The third-order valence-corrected chi connectivity index (χ3v) is 2.58. The van der Waals surface area contributed by atoms with Crippen molar-refractivity contribution in [3.8, 4) is 5.75 Å². The monoisotopic (exact) mass is 252 g/mol. The lowest BCUT2D eigenvalue weighted by atomic mass is 10.1. The molecule has 1 N–H and O–H groups in total. The maximum absolute atomic E-state index is 12.0. The van der Waals surface area contributed by atoms with Crippen LogP contribution >= 0.6 is 0 Å². The molecule has 0 aliphatic heterocycles. The van der Waals surface area contributed by atoms with Gasteiger partial charge in [0.1, 0.15) is 0 Å². The predicted molar refractivity (Wildman–Crippen MR) is 66.6 cm³/mol. The molecule has 0 heterocycles. The summed E-state index contributed by atoms with van der Waals surface area (Å²) in [6, 6.07) is 3.64. The van der Waals surface area contributed by atoms with Crippen LogP contribution in [0.1, 0.15) is 30.6 Å². The van der Waals surface area contributed by atoms with Gasteiger partial charge in [-0.1, -0.05) is 6.92 Å². The molecule has 0 unspecified atom stereocenters. The predicted octanol–water partition coefficient (Wildman–Crippen LogP) is 2.17. The van der Waals surface area contributed by atoms with Gasteiger partial charge in [-0.2, -0.15) is 0 Å². The van der Waals surface area contributed by atoms with Crippen LogP contribution < -0.4 is 0 Å². The Hall–Kier alpha value is -2.11. The summed E-state index contributed by atoms with van der Waals surface area (Å²) in [6.07, 6.45) is 0.832. The van der Waals surface area contributed by atoms with Gasteiger partial charge in [-0.25, -0.2) is 0 Å². The van der Waals surface area contributed by atoms with Gasteiger partial charge in [0, 0.05) is 24.7 Å². The van der Waals surface area contributed by atoms with Gasteiger partial charge in [0.15, 0.2) is 5.75 Å². The van der Waals surface area contributed by atoms with E-state index in [1.807, 2.05) is 13.8 Å². The third kappa shape index (κ3) is 2.97. The average molecular weight is 252 g/mol. The van der Waals surface area contributed by atoms with E-state index in [1.165, 1.54) is 6.07 Å². The quantitative estimate of drug-likeness (QED) is 0.643. The van der Waals surface area contributed by atoms with Crippen LogP contribution in [0.4, 0.5) is 5.69 Å². The van der Waals surface area contributed by atoms with Crippen molar-refractivity contribution in [2.24, 2.45) is 0 Å². The number of nitro benzene ring substituents is 1. The first-order valence-electron chi connectivity index (χ1n) is 5.77. The van der Waals surface area contributed by atoms with Crippen LogP contribution in [0.25, 0.3) is 0 Å². The van der Waals surface area contributed by atoms with Gasteiger partial charge in [-0.3, -0.25) is 14.9 Å². The Labute approximate surface area is 105 Å². The summed E-state index contributed by atoms with van der Waals surface area (Å²) in [5, 5.41) is 20.0. The van der Waals surface area contributed by atoms with E-state index in [1.54, 1.807) is 4.90 Å². The van der Waals surface area contributed by atoms with Crippen molar-refractivity contribution in [2.75, 3.05) is 13.1 Å². The fraction of sp³-hybridized carbons (Fsp3) is 0.417. The van der Waals surface area contributed by atoms with Gasteiger partial charge < -0.3 is 10.0 Å². The summed E-state index contributed by atoms with van der Waals surface area (Å²) in [5.74, 6) is -0.719. The Bertz CT molecular complexity index is 459. The molecule has 98 valence electrons. The number of rotatable bonds is 5. The van der Waals surface area contributed by atoms with Gasteiger partial charge in [-0.05, 0) is 25.5 Å². The summed E-state index contributed by atoms with van der Waals surface area (Å²) < 4.78 is 0. The molecular weight excluding hydrogens is 236 g/mol. The number of amides is 1. The summed E-state index contributed by atoms with van der Waals surface area (Å²) in [5.41, 5.74) is -0.140. The summed E-state index contributed by atoms with van der Waals surface area (Å²) in [6.45, 7) is 5.00. The number of phenolic OH excluding ortho intramolecular Hbond substituents is 1. The number of nitrogens with zero attached hydrogens (tertiary/aromatic N) is 2. The molecule has 0 aliphatic carbocycles. The second-order valence-corrected chi connectivity index (χ2v) is 3.85. The number of carbonyl (C=O) groups is 1. The van der Waals surface area contributed by atoms with Crippen LogP contribution in [0.3, 0.4) is 0 Å². The molecule has 0 aromatic heterocycles. The van der Waals surface area contributed by atoms with Crippen molar-refractivity contribution in [3.05, 3.63) is 33.9 Å². The number of phenols is 1. The van der Waals surface area contributed by atoms with Gasteiger partial charge in [0.25, 0.3) is 5.91 Å². The molecule has 6 nitrogen and oxygen atoms in total. The van der Waals surface area contributed by atoms with Gasteiger partial charge in [0.05, 0.1) is 4.92 Å². The summed E-state index contributed by atoms with van der Waals surface area (Å²) in [4.78, 5) is 23.5. The molecule has 0 saturated heterocycles. The highest BCUT2D eigenvalue weighted by Gasteiger charge is 2.18. The zero-order valence-corrected chi connectivity index (χ0v) is 10.4. The summed E-state index contributed by atoms with van der Waals surface area (Å²) in [7, 11) is 0. The Balaban J connectivity index is 3.00. The van der Waals surface area contributed by atoms with E-state index in [4.69, 9.17) is 0 Å². The lowest BCUT2D eigenvalue weighted by molar-refractivity contribution is -0.385. The molecule has 0 spiro atoms. The van der Waals surface area contributed by atoms with E-state index in [2.05, 4.69) is 0 Å². The number of carbonyl (C=O) groups excluding carboxylic acids is 1. The minimum atomic E-state index is -0.687. The third-order valence-electron chi connectivity index (χ3n) is 2.58. The van der Waals surface area contributed by atoms with Crippen LogP contribution in [0, 0.1) is 10.1 Å². The smallest absolute Gasteiger partial charge is 0.310 e. The Morgan fingerprint density at radius 1 is 1.44 bits per heavy atom. The highest BCUT2D eigenvalue weighted by atomic mass is 16.6. The molecule has 0 radical (unpaired) electrons. The first-order chi connectivity index (χ1) is 8.51. The number of nitro groups is 1. The van der Waals surface area contributed by atoms with Crippen molar-refractivity contribution < 1.29 is 14.8 Å². The zero-order chi connectivity index (χ0) is 13.7. The van der Waals surface area contributed by atoms with Crippen LogP contribution in [-0.2, 0) is 0 Å². The molecule has 0 atom stereocenters. The van der Waals surface area contributed by atoms with Crippen molar-refractivity contribution in [2.45, 2.75) is 20.3 Å². The topological polar surface area (TPSA) is 83.7 Å². The second kappa shape index (κ2) is 6.00. The van der Waals surface area contributed by atoms with E-state index in [9.17, 15) is 20.0 Å². The molecule has 0 saturated carbocycles. The largest absolute Gasteiger partial charge is 0.502 e. The van der Waals surface area contributed by atoms with Crippen molar-refractivity contribution >= 4 is 11.6 Å². The minimum Gasteiger partial charge on any atom is -0.502 e. The van der Waals surface area contributed by atoms with Crippen LogP contribution in [0.15, 0.2) is 18.2 Å². The zero-order valence-electron chi connectivity index (χ0n) is 10.4. The molecule has 1 aromatic carbocycles. The maximum Gasteiger partial charge on any atom is 0.310 e. The first-order valence-corrected chi connectivity index (χ1v) is 5.77. The van der Waals surface area contributed by atoms with Gasteiger partial charge in [-0.15, -0.1) is 0 Å². The molecule has 6 heteroatoms. The highest BCUT2D eigenvalue weighted by molar-refractivity contribution is 5.95. The molecule has 1 amide bonds. The number of hydrogen-bond donors (Lipinski definition) is 1. The molecule has 18 heavy (non-hydrogen) atoms. The maximum atomic E-state index is 12.0. The van der Waals surface area contributed by atoms with E-state index < -0.39 is 16.4 Å². The average Bonchev–Trinajstić information content (AvgIpc) is 2.34. The highest BCUT2D eigenvalue weighted by Crippen LogP contribution is 2.26. The van der Waals surface area contributed by atoms with Crippen LogP contribution in [-0.4, -0.2) is 33.9 Å². The number of aromatic hydroxyl groups is 1. The molecule has 0 bridgehead atoms. The van der Waals surface area contributed by atoms with Gasteiger partial charge >= 0.3 is 5.69 Å². The van der Waals surface area contributed by atoms with Crippen molar-refractivity contribution in [3.63, 3.8) is 0 Å². The number of benzene rings is 1. The molecular formula is C12H16N2O4. The van der Waals surface area contributed by atoms with E-state index in [0.29, 0.717) is 13.1 Å². The second-order valence-electron chi connectivity index (χ2n) is 3.85. The first kappa shape index (κ1) is 14.0. The lowest BCUT2D eigenvalue weighted by Gasteiger charge is -2.20. The van der Waals surface area contributed by atoms with E-state index in [0.717, 1.165) is 18.6 Å². The Morgan fingerprint density at radius 3 is 2.56 bits per heavy atom. The molecule has 0 fully saturated rings. The van der Waals surface area contributed by atoms with Crippen LogP contribution in [0.2, 0.25) is 0 Å². The van der Waals surface area contributed by atoms with Crippen molar-refractivity contribution in [1.82, 2.24) is 4.90 Å². The SMILES string of the molecule is CCCN(CC)C(=O)c1ccc([N+](=O)[O-])c(O)c1. The normalized spacial score (nSPS) is 10.1. The van der Waals surface area contributed by atoms with Crippen molar-refractivity contribution in [1.29, 1.82) is 0 Å². The van der Waals surface area contributed by atoms with Crippen LogP contribution in [0.5, 0.6) is 5.75 Å². The minimum absolute atomic E-state index is 0.232. The van der Waals surface area contributed by atoms with E-state index in [-0.39, 0.29) is 11.5 Å². The summed E-state index contributed by atoms with van der Waals surface area (Å²) >= 11 is 0. The Kier molecular flexibility index (Phi) is 4.65. The number of hydrogen-bond acceptors (Lipinski definition) is 4. The fourth-order valence-electron chi connectivity index (χ4n) is 1.67. The van der Waals surface area contributed by atoms with Gasteiger partial charge in [0.2, 0.25) is 0 Å². The fourth-order valence-corrected chi connectivity index (χ4v) is 1.67. The molecule has 1 aromatic rings. The van der Waals surface area contributed by atoms with E-state index >= 15 is 0 Å². The standard InChI is InChI=1S/C12H16N2O4/c1-3-7-13(4-2)12(16)9-5-6-10(14(17)18)11(15)8-9/h5-6,8,15H,3-4,7H2,1-2H3. The lowest BCUT2D eigenvalue weighted by Crippen LogP contribution is -2.31. The molecule has 0 aliphatic rings.